The lowest BCUT2D eigenvalue weighted by Crippen LogP contribution is -2.23. The molecule has 1 aromatic carbocycles. The summed E-state index contributed by atoms with van der Waals surface area (Å²) in [5.74, 6) is 1.88. The zero-order valence-electron chi connectivity index (χ0n) is 11.7. The van der Waals surface area contributed by atoms with Crippen molar-refractivity contribution >= 4 is 17.3 Å². The van der Waals surface area contributed by atoms with E-state index in [1.807, 2.05) is 31.3 Å². The summed E-state index contributed by atoms with van der Waals surface area (Å²) in [4.78, 5) is 13.0. The van der Waals surface area contributed by atoms with Gasteiger partial charge >= 0.3 is 0 Å². The number of anilines is 3. The Hall–Kier alpha value is -2.10. The standard InChI is InChI=1S/C15H20N4/c1-4-19(5-2)15-11-14(16-12-17-15)18(3)13-9-7-6-8-10-13/h6-12H,4-5H2,1-3H3. The van der Waals surface area contributed by atoms with Crippen molar-refractivity contribution in [3.8, 4) is 0 Å². The molecule has 0 unspecified atom stereocenters. The van der Waals surface area contributed by atoms with Crippen LogP contribution < -0.4 is 9.80 Å². The molecule has 0 fully saturated rings. The summed E-state index contributed by atoms with van der Waals surface area (Å²) < 4.78 is 0. The summed E-state index contributed by atoms with van der Waals surface area (Å²) in [6.45, 7) is 6.16. The predicted molar refractivity (Wildman–Crippen MR) is 80.1 cm³/mol. The minimum atomic E-state index is 0.906. The van der Waals surface area contributed by atoms with Gasteiger partial charge < -0.3 is 9.80 Å². The molecule has 1 heterocycles. The topological polar surface area (TPSA) is 32.3 Å². The highest BCUT2D eigenvalue weighted by atomic mass is 15.2. The van der Waals surface area contributed by atoms with Gasteiger partial charge in [0.25, 0.3) is 0 Å². The number of hydrogen-bond donors (Lipinski definition) is 0. The molecular formula is C15H20N4. The molecular weight excluding hydrogens is 236 g/mol. The predicted octanol–water partition coefficient (Wildman–Crippen LogP) is 3.09. The van der Waals surface area contributed by atoms with Crippen molar-refractivity contribution in [1.82, 2.24) is 9.97 Å². The summed E-state index contributed by atoms with van der Waals surface area (Å²) in [7, 11) is 2.02. The van der Waals surface area contributed by atoms with Crippen LogP contribution in [0.1, 0.15) is 13.8 Å². The first-order valence-electron chi connectivity index (χ1n) is 6.62. The van der Waals surface area contributed by atoms with Gasteiger partial charge in [-0.3, -0.25) is 0 Å². The van der Waals surface area contributed by atoms with Crippen LogP contribution in [0.4, 0.5) is 17.3 Å². The van der Waals surface area contributed by atoms with E-state index < -0.39 is 0 Å². The molecule has 2 aromatic rings. The van der Waals surface area contributed by atoms with Crippen LogP contribution in [0, 0.1) is 0 Å². The van der Waals surface area contributed by atoms with Crippen molar-refractivity contribution in [3.63, 3.8) is 0 Å². The normalized spacial score (nSPS) is 10.3. The summed E-state index contributed by atoms with van der Waals surface area (Å²) in [5.41, 5.74) is 1.12. The molecule has 0 atom stereocenters. The van der Waals surface area contributed by atoms with E-state index in [2.05, 4.69) is 45.7 Å². The highest BCUT2D eigenvalue weighted by Gasteiger charge is 2.09. The van der Waals surface area contributed by atoms with Crippen molar-refractivity contribution in [2.45, 2.75) is 13.8 Å². The van der Waals surface area contributed by atoms with Gasteiger partial charge in [0.2, 0.25) is 0 Å². The summed E-state index contributed by atoms with van der Waals surface area (Å²) in [5, 5.41) is 0. The Morgan fingerprint density at radius 2 is 1.58 bits per heavy atom. The molecule has 4 heteroatoms. The van der Waals surface area contributed by atoms with Crippen LogP contribution in [0.15, 0.2) is 42.7 Å². The molecule has 0 N–H and O–H groups in total. The van der Waals surface area contributed by atoms with E-state index in [-0.39, 0.29) is 0 Å². The molecule has 0 saturated carbocycles. The quantitative estimate of drug-likeness (QED) is 0.823. The highest BCUT2D eigenvalue weighted by molar-refractivity contribution is 5.61. The van der Waals surface area contributed by atoms with E-state index in [4.69, 9.17) is 0 Å². The van der Waals surface area contributed by atoms with Gasteiger partial charge in [-0.15, -0.1) is 0 Å². The zero-order valence-corrected chi connectivity index (χ0v) is 11.7. The van der Waals surface area contributed by atoms with Crippen molar-refractivity contribution < 1.29 is 0 Å². The average Bonchev–Trinajstić information content (AvgIpc) is 2.49. The van der Waals surface area contributed by atoms with Gasteiger partial charge in [-0.2, -0.15) is 0 Å². The summed E-state index contributed by atoms with van der Waals surface area (Å²) in [6.07, 6.45) is 1.63. The summed E-state index contributed by atoms with van der Waals surface area (Å²) in [6, 6.07) is 12.2. The average molecular weight is 256 g/mol. The van der Waals surface area contributed by atoms with Gasteiger partial charge in [0.1, 0.15) is 18.0 Å². The van der Waals surface area contributed by atoms with Gasteiger partial charge in [0.05, 0.1) is 0 Å². The molecule has 0 aliphatic rings. The summed E-state index contributed by atoms with van der Waals surface area (Å²) >= 11 is 0. The van der Waals surface area contributed by atoms with E-state index in [1.54, 1.807) is 6.33 Å². The minimum Gasteiger partial charge on any atom is -0.357 e. The molecule has 100 valence electrons. The Morgan fingerprint density at radius 3 is 2.21 bits per heavy atom. The molecule has 0 aliphatic heterocycles. The fourth-order valence-corrected chi connectivity index (χ4v) is 2.03. The molecule has 1 aromatic heterocycles. The number of benzene rings is 1. The number of nitrogens with zero attached hydrogens (tertiary/aromatic N) is 4. The van der Waals surface area contributed by atoms with Crippen LogP contribution in [0.2, 0.25) is 0 Å². The molecule has 4 nitrogen and oxygen atoms in total. The van der Waals surface area contributed by atoms with Crippen molar-refractivity contribution in [2.24, 2.45) is 0 Å². The van der Waals surface area contributed by atoms with E-state index in [1.165, 1.54) is 0 Å². The van der Waals surface area contributed by atoms with Gasteiger partial charge in [0.15, 0.2) is 0 Å². The smallest absolute Gasteiger partial charge is 0.138 e. The molecule has 0 amide bonds. The molecule has 0 saturated heterocycles. The fraction of sp³-hybridized carbons (Fsp3) is 0.333. The Morgan fingerprint density at radius 1 is 0.947 bits per heavy atom. The van der Waals surface area contributed by atoms with E-state index in [0.717, 1.165) is 30.4 Å². The zero-order chi connectivity index (χ0) is 13.7. The third kappa shape index (κ3) is 3.02. The van der Waals surface area contributed by atoms with E-state index in [0.29, 0.717) is 0 Å². The van der Waals surface area contributed by atoms with Crippen LogP contribution in [-0.2, 0) is 0 Å². The maximum atomic E-state index is 4.35. The Bertz CT molecular complexity index is 509. The monoisotopic (exact) mass is 256 g/mol. The second-order valence-electron chi connectivity index (χ2n) is 4.30. The number of para-hydroxylation sites is 1. The van der Waals surface area contributed by atoms with Crippen molar-refractivity contribution in [3.05, 3.63) is 42.7 Å². The second-order valence-corrected chi connectivity index (χ2v) is 4.30. The molecule has 19 heavy (non-hydrogen) atoms. The van der Waals surface area contributed by atoms with Crippen LogP contribution >= 0.6 is 0 Å². The van der Waals surface area contributed by atoms with E-state index in [9.17, 15) is 0 Å². The first-order valence-corrected chi connectivity index (χ1v) is 6.62. The third-order valence-corrected chi connectivity index (χ3v) is 3.21. The largest absolute Gasteiger partial charge is 0.357 e. The Labute approximate surface area is 114 Å². The molecule has 0 aliphatic carbocycles. The lowest BCUT2D eigenvalue weighted by Gasteiger charge is -2.22. The van der Waals surface area contributed by atoms with Gasteiger partial charge in [-0.1, -0.05) is 18.2 Å². The molecule has 2 rings (SSSR count). The van der Waals surface area contributed by atoms with Crippen molar-refractivity contribution in [2.75, 3.05) is 29.9 Å². The van der Waals surface area contributed by atoms with Crippen LogP contribution in [0.3, 0.4) is 0 Å². The molecule has 0 bridgehead atoms. The maximum absolute atomic E-state index is 4.35. The fourth-order valence-electron chi connectivity index (χ4n) is 2.03. The maximum Gasteiger partial charge on any atom is 0.138 e. The van der Waals surface area contributed by atoms with Gasteiger partial charge in [-0.05, 0) is 26.0 Å². The van der Waals surface area contributed by atoms with Crippen LogP contribution in [0.5, 0.6) is 0 Å². The number of rotatable bonds is 5. The second kappa shape index (κ2) is 6.18. The first-order chi connectivity index (χ1) is 9.26. The van der Waals surface area contributed by atoms with E-state index >= 15 is 0 Å². The number of hydrogen-bond acceptors (Lipinski definition) is 4. The molecule has 0 spiro atoms. The Kier molecular flexibility index (Phi) is 4.34. The Balaban J connectivity index is 2.28. The lowest BCUT2D eigenvalue weighted by atomic mass is 10.3. The third-order valence-electron chi connectivity index (χ3n) is 3.21. The van der Waals surface area contributed by atoms with Crippen molar-refractivity contribution in [1.29, 1.82) is 0 Å². The van der Waals surface area contributed by atoms with Crippen LogP contribution in [0.25, 0.3) is 0 Å². The van der Waals surface area contributed by atoms with Gasteiger partial charge in [0, 0.05) is 31.9 Å². The molecule has 0 radical (unpaired) electrons. The minimum absolute atomic E-state index is 0.906. The lowest BCUT2D eigenvalue weighted by molar-refractivity contribution is 0.840. The number of aromatic nitrogens is 2. The highest BCUT2D eigenvalue weighted by Crippen LogP contribution is 2.23. The SMILES string of the molecule is CCN(CC)c1cc(N(C)c2ccccc2)ncn1. The van der Waals surface area contributed by atoms with Crippen LogP contribution in [-0.4, -0.2) is 30.1 Å². The first kappa shape index (κ1) is 13.3. The van der Waals surface area contributed by atoms with Gasteiger partial charge in [-0.25, -0.2) is 9.97 Å².